The Morgan fingerprint density at radius 2 is 1.91 bits per heavy atom. The highest BCUT2D eigenvalue weighted by Crippen LogP contribution is 2.26. The van der Waals surface area contributed by atoms with E-state index in [1.807, 2.05) is 11.6 Å². The zero-order valence-electron chi connectivity index (χ0n) is 13.1. The maximum Gasteiger partial charge on any atom is 0.123 e. The highest BCUT2D eigenvalue weighted by molar-refractivity contribution is 7.13. The van der Waals surface area contributed by atoms with Crippen LogP contribution in [-0.4, -0.2) is 39.3 Å². The summed E-state index contributed by atoms with van der Waals surface area (Å²) >= 11 is 1.67. The Balaban J connectivity index is 1.49. The fraction of sp³-hybridized carbons (Fsp3) is 0.333. The third-order valence-corrected chi connectivity index (χ3v) is 5.14. The molecular formula is C18H20N4S. The number of hydrogen-bond donors (Lipinski definition) is 0. The minimum absolute atomic E-state index is 0.964. The predicted octanol–water partition coefficient (Wildman–Crippen LogP) is 3.77. The minimum atomic E-state index is 0.964. The summed E-state index contributed by atoms with van der Waals surface area (Å²) < 4.78 is 2.06. The van der Waals surface area contributed by atoms with E-state index in [-0.39, 0.29) is 0 Å². The van der Waals surface area contributed by atoms with Gasteiger partial charge in [0.25, 0.3) is 0 Å². The smallest absolute Gasteiger partial charge is 0.123 e. The van der Waals surface area contributed by atoms with E-state index >= 15 is 0 Å². The van der Waals surface area contributed by atoms with Crippen LogP contribution in [0.2, 0.25) is 0 Å². The van der Waals surface area contributed by atoms with E-state index in [1.165, 1.54) is 25.9 Å². The van der Waals surface area contributed by atoms with Crippen LogP contribution in [-0.2, 0) is 6.54 Å². The van der Waals surface area contributed by atoms with Crippen molar-refractivity contribution in [3.63, 3.8) is 0 Å². The Labute approximate surface area is 140 Å². The van der Waals surface area contributed by atoms with Crippen LogP contribution in [0.25, 0.3) is 21.8 Å². The maximum absolute atomic E-state index is 4.74. The van der Waals surface area contributed by atoms with Gasteiger partial charge in [-0.15, -0.1) is 11.3 Å². The fourth-order valence-corrected chi connectivity index (χ4v) is 3.70. The molecule has 0 saturated carbocycles. The normalized spacial score (nSPS) is 15.3. The second kappa shape index (κ2) is 6.64. The van der Waals surface area contributed by atoms with Gasteiger partial charge >= 0.3 is 0 Å². The van der Waals surface area contributed by atoms with Crippen molar-refractivity contribution in [1.29, 1.82) is 0 Å². The highest BCUT2D eigenvalue weighted by atomic mass is 32.1. The molecule has 0 bridgehead atoms. The maximum atomic E-state index is 4.74. The molecule has 4 nitrogen and oxygen atoms in total. The van der Waals surface area contributed by atoms with E-state index in [1.54, 1.807) is 11.3 Å². The van der Waals surface area contributed by atoms with Crippen LogP contribution < -0.4 is 0 Å². The quantitative estimate of drug-likeness (QED) is 0.716. The summed E-state index contributed by atoms with van der Waals surface area (Å²) in [5.74, 6) is 0. The Bertz CT molecular complexity index is 757. The van der Waals surface area contributed by atoms with E-state index in [0.29, 0.717) is 0 Å². The number of nitrogens with zero attached hydrogens (tertiary/aromatic N) is 4. The summed E-state index contributed by atoms with van der Waals surface area (Å²) in [4.78, 5) is 6.91. The van der Waals surface area contributed by atoms with Crippen LogP contribution >= 0.6 is 11.3 Å². The molecule has 0 aliphatic carbocycles. The molecule has 1 fully saturated rings. The first-order valence-corrected chi connectivity index (χ1v) is 9.02. The topological polar surface area (TPSA) is 34.0 Å². The molecule has 2 aromatic heterocycles. The molecule has 1 aliphatic heterocycles. The monoisotopic (exact) mass is 324 g/mol. The predicted molar refractivity (Wildman–Crippen MR) is 94.4 cm³/mol. The molecule has 3 aromatic rings. The average Bonchev–Trinajstić information content (AvgIpc) is 3.35. The zero-order valence-corrected chi connectivity index (χ0v) is 13.9. The number of rotatable bonds is 5. The molecule has 3 heterocycles. The first kappa shape index (κ1) is 14.6. The molecule has 0 atom stereocenters. The molecule has 23 heavy (non-hydrogen) atoms. The van der Waals surface area contributed by atoms with Gasteiger partial charge in [-0.05, 0) is 38.1 Å². The molecule has 0 radical (unpaired) electrons. The number of hydrogen-bond acceptors (Lipinski definition) is 4. The van der Waals surface area contributed by atoms with Crippen molar-refractivity contribution >= 4 is 11.3 Å². The number of likely N-dealkylation sites (tertiary alicyclic amines) is 1. The molecule has 1 aromatic carbocycles. The highest BCUT2D eigenvalue weighted by Gasteiger charge is 2.11. The van der Waals surface area contributed by atoms with Gasteiger partial charge in [0.1, 0.15) is 5.01 Å². The van der Waals surface area contributed by atoms with E-state index in [0.717, 1.165) is 34.9 Å². The molecular weight excluding hydrogens is 304 g/mol. The Kier molecular flexibility index (Phi) is 4.22. The molecule has 0 amide bonds. The third kappa shape index (κ3) is 3.35. The SMILES string of the molecule is c1cc(-c2ccn(CCN3CCCC3)n2)cc(-c2nccs2)c1. The van der Waals surface area contributed by atoms with E-state index < -0.39 is 0 Å². The molecule has 0 spiro atoms. The van der Waals surface area contributed by atoms with Crippen molar-refractivity contribution in [3.05, 3.63) is 48.1 Å². The molecule has 4 rings (SSSR count). The lowest BCUT2D eigenvalue weighted by atomic mass is 10.1. The molecule has 1 saturated heterocycles. The Morgan fingerprint density at radius 1 is 1.04 bits per heavy atom. The lowest BCUT2D eigenvalue weighted by molar-refractivity contribution is 0.316. The van der Waals surface area contributed by atoms with Crippen molar-refractivity contribution in [2.45, 2.75) is 19.4 Å². The van der Waals surface area contributed by atoms with Gasteiger partial charge in [-0.2, -0.15) is 5.10 Å². The van der Waals surface area contributed by atoms with Gasteiger partial charge in [0.05, 0.1) is 12.2 Å². The lowest BCUT2D eigenvalue weighted by Gasteiger charge is -2.13. The largest absolute Gasteiger partial charge is 0.301 e. The number of benzene rings is 1. The van der Waals surface area contributed by atoms with E-state index in [2.05, 4.69) is 51.1 Å². The summed E-state index contributed by atoms with van der Waals surface area (Å²) in [6.07, 6.45) is 6.61. The minimum Gasteiger partial charge on any atom is -0.301 e. The van der Waals surface area contributed by atoms with Crippen LogP contribution in [0.5, 0.6) is 0 Å². The first-order valence-electron chi connectivity index (χ1n) is 8.15. The van der Waals surface area contributed by atoms with Crippen molar-refractivity contribution in [3.8, 4) is 21.8 Å². The van der Waals surface area contributed by atoms with Gasteiger partial charge in [0, 0.05) is 35.4 Å². The number of aromatic nitrogens is 3. The van der Waals surface area contributed by atoms with Gasteiger partial charge in [0.2, 0.25) is 0 Å². The standard InChI is InChI=1S/C18H20N4S/c1-2-9-21(8-1)11-12-22-10-6-17(20-22)15-4-3-5-16(14-15)18-19-7-13-23-18/h3-7,10,13-14H,1-2,8-9,11-12H2. The third-order valence-electron chi connectivity index (χ3n) is 4.32. The first-order chi connectivity index (χ1) is 11.4. The molecule has 118 valence electrons. The van der Waals surface area contributed by atoms with E-state index in [4.69, 9.17) is 5.10 Å². The molecule has 5 heteroatoms. The summed E-state index contributed by atoms with van der Waals surface area (Å²) in [5.41, 5.74) is 3.34. The summed E-state index contributed by atoms with van der Waals surface area (Å²) in [7, 11) is 0. The van der Waals surface area contributed by atoms with Gasteiger partial charge in [-0.25, -0.2) is 4.98 Å². The van der Waals surface area contributed by atoms with Crippen molar-refractivity contribution in [1.82, 2.24) is 19.7 Å². The van der Waals surface area contributed by atoms with Crippen molar-refractivity contribution in [2.24, 2.45) is 0 Å². The zero-order chi connectivity index (χ0) is 15.5. The molecule has 0 unspecified atom stereocenters. The Hall–Kier alpha value is -1.98. The number of thiazole rings is 1. The lowest BCUT2D eigenvalue weighted by Crippen LogP contribution is -2.24. The molecule has 0 N–H and O–H groups in total. The second-order valence-corrected chi connectivity index (χ2v) is 6.83. The van der Waals surface area contributed by atoms with Crippen LogP contribution in [0.15, 0.2) is 48.1 Å². The fourth-order valence-electron chi connectivity index (χ4n) is 3.07. The van der Waals surface area contributed by atoms with Gasteiger partial charge in [-0.3, -0.25) is 4.68 Å². The summed E-state index contributed by atoms with van der Waals surface area (Å²) in [6.45, 7) is 4.54. The van der Waals surface area contributed by atoms with Crippen LogP contribution in [0.4, 0.5) is 0 Å². The summed E-state index contributed by atoms with van der Waals surface area (Å²) in [5, 5.41) is 7.80. The van der Waals surface area contributed by atoms with Gasteiger partial charge in [-0.1, -0.05) is 18.2 Å². The van der Waals surface area contributed by atoms with Crippen LogP contribution in [0.3, 0.4) is 0 Å². The van der Waals surface area contributed by atoms with Crippen molar-refractivity contribution < 1.29 is 0 Å². The van der Waals surface area contributed by atoms with Crippen LogP contribution in [0, 0.1) is 0 Å². The Morgan fingerprint density at radius 3 is 2.74 bits per heavy atom. The average molecular weight is 324 g/mol. The second-order valence-electron chi connectivity index (χ2n) is 5.93. The molecule has 1 aliphatic rings. The van der Waals surface area contributed by atoms with Crippen LogP contribution in [0.1, 0.15) is 12.8 Å². The summed E-state index contributed by atoms with van der Waals surface area (Å²) in [6, 6.07) is 10.6. The van der Waals surface area contributed by atoms with E-state index in [9.17, 15) is 0 Å². The van der Waals surface area contributed by atoms with Crippen molar-refractivity contribution in [2.75, 3.05) is 19.6 Å². The van der Waals surface area contributed by atoms with Gasteiger partial charge < -0.3 is 4.90 Å². The van der Waals surface area contributed by atoms with Gasteiger partial charge in [0.15, 0.2) is 0 Å².